The van der Waals surface area contributed by atoms with Crippen molar-refractivity contribution in [3.05, 3.63) is 49.9 Å². The van der Waals surface area contributed by atoms with Gasteiger partial charge in [-0.25, -0.2) is 0 Å². The highest BCUT2D eigenvalue weighted by atomic mass is 79.9. The normalized spacial score (nSPS) is 10.9. The number of benzene rings is 2. The van der Waals surface area contributed by atoms with Gasteiger partial charge in [0.2, 0.25) is 0 Å². The van der Waals surface area contributed by atoms with Crippen LogP contribution in [0.2, 0.25) is 5.02 Å². The number of phenols is 2. The first-order valence-corrected chi connectivity index (χ1v) is 7.40. The van der Waals surface area contributed by atoms with Crippen molar-refractivity contribution in [2.45, 2.75) is 0 Å². The molecule has 0 fully saturated rings. The second-order valence-electron chi connectivity index (χ2n) is 3.84. The smallest absolute Gasteiger partial charge is 0.147 e. The van der Waals surface area contributed by atoms with Gasteiger partial charge in [0.05, 0.1) is 16.4 Å². The highest BCUT2D eigenvalue weighted by molar-refractivity contribution is 9.11. The fourth-order valence-electron chi connectivity index (χ4n) is 1.42. The molecule has 104 valence electrons. The van der Waals surface area contributed by atoms with Gasteiger partial charge < -0.3 is 10.2 Å². The molecule has 0 saturated carbocycles. The van der Waals surface area contributed by atoms with Crippen molar-refractivity contribution in [1.29, 1.82) is 0 Å². The molecule has 0 atom stereocenters. The number of rotatable bonds is 3. The van der Waals surface area contributed by atoms with Crippen molar-refractivity contribution in [3.8, 4) is 11.5 Å². The summed E-state index contributed by atoms with van der Waals surface area (Å²) in [6.07, 6.45) is 1.44. The fourth-order valence-corrected chi connectivity index (χ4v) is 2.70. The van der Waals surface area contributed by atoms with Crippen molar-refractivity contribution in [2.24, 2.45) is 5.10 Å². The number of hydrogen-bond acceptors (Lipinski definition) is 4. The van der Waals surface area contributed by atoms with Gasteiger partial charge in [0, 0.05) is 10.6 Å². The van der Waals surface area contributed by atoms with Gasteiger partial charge >= 0.3 is 0 Å². The summed E-state index contributed by atoms with van der Waals surface area (Å²) in [4.78, 5) is 0. The first-order chi connectivity index (χ1) is 9.49. The Morgan fingerprint density at radius 2 is 1.75 bits per heavy atom. The summed E-state index contributed by atoms with van der Waals surface area (Å²) in [7, 11) is 0. The molecule has 0 radical (unpaired) electrons. The predicted octanol–water partition coefficient (Wildman–Crippen LogP) is 4.72. The van der Waals surface area contributed by atoms with Gasteiger partial charge in [-0.3, -0.25) is 5.43 Å². The maximum atomic E-state index is 9.87. The summed E-state index contributed by atoms with van der Waals surface area (Å²) >= 11 is 12.1. The van der Waals surface area contributed by atoms with E-state index in [9.17, 15) is 10.2 Å². The first-order valence-electron chi connectivity index (χ1n) is 5.43. The number of nitrogens with one attached hydrogen (secondary N) is 1. The van der Waals surface area contributed by atoms with Crippen molar-refractivity contribution < 1.29 is 10.2 Å². The van der Waals surface area contributed by atoms with Gasteiger partial charge in [0.25, 0.3) is 0 Å². The molecular formula is C13H9Br2ClN2O2. The van der Waals surface area contributed by atoms with Gasteiger partial charge in [0.1, 0.15) is 16.0 Å². The van der Waals surface area contributed by atoms with E-state index in [0.29, 0.717) is 15.1 Å². The summed E-state index contributed by atoms with van der Waals surface area (Å²) in [6.45, 7) is 0. The number of hydrazone groups is 1. The lowest BCUT2D eigenvalue weighted by Crippen LogP contribution is -1.91. The summed E-state index contributed by atoms with van der Waals surface area (Å²) in [5.41, 5.74) is 4.02. The molecule has 2 rings (SSSR count). The van der Waals surface area contributed by atoms with E-state index < -0.39 is 0 Å². The molecule has 7 heteroatoms. The molecule has 0 amide bonds. The van der Waals surface area contributed by atoms with Crippen LogP contribution in [0.3, 0.4) is 0 Å². The third-order valence-electron chi connectivity index (χ3n) is 2.44. The fraction of sp³-hybridized carbons (Fsp3) is 0. The number of nitrogens with zero attached hydrogens (tertiary/aromatic N) is 1. The van der Waals surface area contributed by atoms with Gasteiger partial charge in [0.15, 0.2) is 0 Å². The second-order valence-corrected chi connectivity index (χ2v) is 5.92. The summed E-state index contributed by atoms with van der Waals surface area (Å²) in [5, 5.41) is 24.1. The van der Waals surface area contributed by atoms with Gasteiger partial charge in [-0.2, -0.15) is 5.10 Å². The van der Waals surface area contributed by atoms with Crippen molar-refractivity contribution in [3.63, 3.8) is 0 Å². The van der Waals surface area contributed by atoms with Gasteiger partial charge in [-0.1, -0.05) is 11.6 Å². The predicted molar refractivity (Wildman–Crippen MR) is 87.8 cm³/mol. The second kappa shape index (κ2) is 6.47. The van der Waals surface area contributed by atoms with E-state index in [4.69, 9.17) is 11.6 Å². The molecule has 0 aliphatic carbocycles. The summed E-state index contributed by atoms with van der Waals surface area (Å²) in [5.74, 6) is -0.155. The van der Waals surface area contributed by atoms with E-state index in [1.54, 1.807) is 30.3 Å². The number of hydrogen-bond donors (Lipinski definition) is 3. The molecule has 0 heterocycles. The Bertz CT molecular complexity index is 660. The maximum Gasteiger partial charge on any atom is 0.147 e. The Morgan fingerprint density at radius 1 is 1.10 bits per heavy atom. The molecule has 0 aliphatic heterocycles. The van der Waals surface area contributed by atoms with Crippen molar-refractivity contribution in [1.82, 2.24) is 0 Å². The molecule has 0 spiro atoms. The lowest BCUT2D eigenvalue weighted by atomic mass is 10.2. The molecule has 0 aliphatic rings. The van der Waals surface area contributed by atoms with Crippen LogP contribution in [0.15, 0.2) is 44.4 Å². The largest absolute Gasteiger partial charge is 0.506 e. The Labute approximate surface area is 137 Å². The highest BCUT2D eigenvalue weighted by Gasteiger charge is 2.12. The quantitative estimate of drug-likeness (QED) is 0.497. The van der Waals surface area contributed by atoms with Gasteiger partial charge in [-0.05, 0) is 62.2 Å². The third kappa shape index (κ3) is 3.45. The molecular weight excluding hydrogens is 411 g/mol. The molecule has 0 aromatic heterocycles. The minimum Gasteiger partial charge on any atom is -0.506 e. The highest BCUT2D eigenvalue weighted by Crippen LogP contribution is 2.40. The van der Waals surface area contributed by atoms with Crippen LogP contribution in [0.5, 0.6) is 11.5 Å². The van der Waals surface area contributed by atoms with Crippen LogP contribution in [0.4, 0.5) is 5.69 Å². The average Bonchev–Trinajstić information content (AvgIpc) is 2.44. The van der Waals surface area contributed by atoms with Crippen LogP contribution in [-0.2, 0) is 0 Å². The van der Waals surface area contributed by atoms with E-state index in [1.165, 1.54) is 6.21 Å². The monoisotopic (exact) mass is 418 g/mol. The van der Waals surface area contributed by atoms with Crippen LogP contribution in [-0.4, -0.2) is 16.4 Å². The van der Waals surface area contributed by atoms with E-state index in [1.807, 2.05) is 0 Å². The molecule has 0 bridgehead atoms. The molecule has 0 saturated heterocycles. The molecule has 0 unspecified atom stereocenters. The standard InChI is InChI=1S/C13H9Br2ClN2O2/c14-10-5-7(12(19)11(15)13(10)20)6-17-18-9-3-1-8(16)2-4-9/h1-6,18-20H/b17-6+. The zero-order valence-electron chi connectivity index (χ0n) is 9.94. The van der Waals surface area contributed by atoms with E-state index in [2.05, 4.69) is 42.4 Å². The number of anilines is 1. The Kier molecular flexibility index (Phi) is 4.91. The number of aromatic hydroxyl groups is 2. The summed E-state index contributed by atoms with van der Waals surface area (Å²) < 4.78 is 0.662. The lowest BCUT2D eigenvalue weighted by molar-refractivity contribution is 0.442. The van der Waals surface area contributed by atoms with E-state index in [0.717, 1.165) is 5.69 Å². The zero-order valence-corrected chi connectivity index (χ0v) is 13.9. The van der Waals surface area contributed by atoms with Crippen LogP contribution in [0.1, 0.15) is 5.56 Å². The Hall–Kier alpha value is -1.24. The van der Waals surface area contributed by atoms with Crippen LogP contribution >= 0.6 is 43.5 Å². The van der Waals surface area contributed by atoms with Gasteiger partial charge in [-0.15, -0.1) is 0 Å². The lowest BCUT2D eigenvalue weighted by Gasteiger charge is -2.06. The van der Waals surface area contributed by atoms with Crippen LogP contribution in [0, 0.1) is 0 Å². The molecule has 20 heavy (non-hydrogen) atoms. The first kappa shape index (κ1) is 15.2. The van der Waals surface area contributed by atoms with E-state index >= 15 is 0 Å². The number of phenolic OH excluding ortho intramolecular Hbond substituents is 2. The SMILES string of the molecule is Oc1c(Br)cc(/C=N/Nc2ccc(Cl)cc2)c(O)c1Br. The summed E-state index contributed by atoms with van der Waals surface area (Å²) in [6, 6.07) is 8.60. The molecule has 2 aromatic carbocycles. The molecule has 2 aromatic rings. The Morgan fingerprint density at radius 3 is 2.40 bits per heavy atom. The van der Waals surface area contributed by atoms with Crippen molar-refractivity contribution >= 4 is 55.4 Å². The molecule has 4 nitrogen and oxygen atoms in total. The van der Waals surface area contributed by atoms with Crippen LogP contribution < -0.4 is 5.43 Å². The van der Waals surface area contributed by atoms with Crippen molar-refractivity contribution in [2.75, 3.05) is 5.43 Å². The Balaban J connectivity index is 2.18. The van der Waals surface area contributed by atoms with E-state index in [-0.39, 0.29) is 16.0 Å². The maximum absolute atomic E-state index is 9.87. The zero-order chi connectivity index (χ0) is 14.7. The average molecular weight is 420 g/mol. The minimum absolute atomic E-state index is 0.0645. The minimum atomic E-state index is -0.0904. The topological polar surface area (TPSA) is 64.9 Å². The third-order valence-corrected chi connectivity index (χ3v) is 4.05. The van der Waals surface area contributed by atoms with Crippen LogP contribution in [0.25, 0.3) is 0 Å². The molecule has 3 N–H and O–H groups in total. The number of halogens is 3.